The summed E-state index contributed by atoms with van der Waals surface area (Å²) in [6.45, 7) is 2.28. The summed E-state index contributed by atoms with van der Waals surface area (Å²) in [5, 5.41) is 6.86. The van der Waals surface area contributed by atoms with Crippen LogP contribution in [0, 0.1) is 6.92 Å². The van der Waals surface area contributed by atoms with Crippen LogP contribution in [0.2, 0.25) is 4.34 Å². The Kier molecular flexibility index (Phi) is 3.57. The number of nitrogens with zero attached hydrogens (tertiary/aromatic N) is 3. The van der Waals surface area contributed by atoms with Crippen LogP contribution in [0.4, 0.5) is 0 Å². The summed E-state index contributed by atoms with van der Waals surface area (Å²) in [6, 6.07) is 2.84. The van der Waals surface area contributed by atoms with E-state index in [-0.39, 0.29) is 10.3 Å². The standard InChI is InChI=1S/C11H13ClN4O2S2/c1-7-13-11(15-14-7)8-3-2-6-16(8)20(17,18)10-5-4-9(12)19-10/h4-5,8H,2-3,6H2,1H3,(H,13,14,15). The van der Waals surface area contributed by atoms with Gasteiger partial charge in [-0.15, -0.1) is 11.3 Å². The Bertz CT molecular complexity index is 724. The molecule has 1 fully saturated rings. The first-order valence-electron chi connectivity index (χ1n) is 6.14. The Hall–Kier alpha value is -0.960. The van der Waals surface area contributed by atoms with Crippen LogP contribution in [0.1, 0.15) is 30.5 Å². The highest BCUT2D eigenvalue weighted by Crippen LogP contribution is 2.37. The van der Waals surface area contributed by atoms with Gasteiger partial charge >= 0.3 is 0 Å². The largest absolute Gasteiger partial charge is 0.263 e. The van der Waals surface area contributed by atoms with Crippen molar-refractivity contribution in [1.29, 1.82) is 0 Å². The van der Waals surface area contributed by atoms with Gasteiger partial charge < -0.3 is 0 Å². The number of hydrogen-bond acceptors (Lipinski definition) is 5. The van der Waals surface area contributed by atoms with Crippen molar-refractivity contribution in [2.24, 2.45) is 0 Å². The van der Waals surface area contributed by atoms with E-state index in [4.69, 9.17) is 11.6 Å². The van der Waals surface area contributed by atoms with Gasteiger partial charge in [-0.25, -0.2) is 13.4 Å². The molecule has 0 amide bonds. The van der Waals surface area contributed by atoms with E-state index >= 15 is 0 Å². The maximum Gasteiger partial charge on any atom is 0.253 e. The van der Waals surface area contributed by atoms with Crippen LogP contribution in [0.5, 0.6) is 0 Å². The third-order valence-electron chi connectivity index (χ3n) is 3.23. The van der Waals surface area contributed by atoms with Gasteiger partial charge in [-0.3, -0.25) is 5.10 Å². The molecule has 1 aliphatic rings. The summed E-state index contributed by atoms with van der Waals surface area (Å²) < 4.78 is 27.5. The summed E-state index contributed by atoms with van der Waals surface area (Å²) in [5.74, 6) is 1.22. The fraction of sp³-hybridized carbons (Fsp3) is 0.455. The minimum Gasteiger partial charge on any atom is -0.263 e. The molecule has 0 radical (unpaired) electrons. The zero-order valence-corrected chi connectivity index (χ0v) is 13.1. The van der Waals surface area contributed by atoms with Crippen molar-refractivity contribution >= 4 is 33.0 Å². The molecule has 108 valence electrons. The van der Waals surface area contributed by atoms with E-state index < -0.39 is 10.0 Å². The maximum atomic E-state index is 12.7. The molecule has 1 unspecified atom stereocenters. The number of aryl methyl sites for hydroxylation is 1. The molecule has 2 aromatic rings. The normalized spacial score (nSPS) is 20.6. The molecule has 3 rings (SSSR count). The van der Waals surface area contributed by atoms with E-state index in [1.54, 1.807) is 19.1 Å². The molecule has 0 spiro atoms. The van der Waals surface area contributed by atoms with E-state index in [0.717, 1.165) is 24.2 Å². The van der Waals surface area contributed by atoms with E-state index in [9.17, 15) is 8.42 Å². The van der Waals surface area contributed by atoms with Gasteiger partial charge in [-0.05, 0) is 31.9 Å². The number of rotatable bonds is 3. The molecule has 0 aromatic carbocycles. The van der Waals surface area contributed by atoms with Crippen molar-refractivity contribution in [3.63, 3.8) is 0 Å². The smallest absolute Gasteiger partial charge is 0.253 e. The summed E-state index contributed by atoms with van der Waals surface area (Å²) in [4.78, 5) is 4.26. The molecule has 1 aliphatic heterocycles. The molecule has 1 saturated heterocycles. The zero-order chi connectivity index (χ0) is 14.3. The number of hydrogen-bond donors (Lipinski definition) is 1. The van der Waals surface area contributed by atoms with Gasteiger partial charge in [-0.2, -0.15) is 9.40 Å². The molecule has 6 nitrogen and oxygen atoms in total. The van der Waals surface area contributed by atoms with Crippen molar-refractivity contribution in [2.75, 3.05) is 6.54 Å². The fourth-order valence-corrected chi connectivity index (χ4v) is 5.61. The molecule has 20 heavy (non-hydrogen) atoms. The topological polar surface area (TPSA) is 79.0 Å². The Morgan fingerprint density at radius 1 is 1.50 bits per heavy atom. The van der Waals surface area contributed by atoms with Crippen molar-refractivity contribution in [1.82, 2.24) is 19.5 Å². The van der Waals surface area contributed by atoms with Crippen LogP contribution >= 0.6 is 22.9 Å². The average molecular weight is 333 g/mol. The molecule has 0 saturated carbocycles. The van der Waals surface area contributed by atoms with Gasteiger partial charge in [-0.1, -0.05) is 11.6 Å². The van der Waals surface area contributed by atoms with Crippen LogP contribution in [-0.2, 0) is 10.0 Å². The number of nitrogens with one attached hydrogen (secondary N) is 1. The molecular formula is C11H13ClN4O2S2. The van der Waals surface area contributed by atoms with Crippen molar-refractivity contribution in [3.05, 3.63) is 28.1 Å². The minimum atomic E-state index is -3.53. The Labute approximate surface area is 125 Å². The molecule has 9 heteroatoms. The van der Waals surface area contributed by atoms with Crippen LogP contribution in [0.3, 0.4) is 0 Å². The van der Waals surface area contributed by atoms with Crippen molar-refractivity contribution in [3.8, 4) is 0 Å². The molecule has 1 N–H and O–H groups in total. The van der Waals surface area contributed by atoms with Gasteiger partial charge in [0.25, 0.3) is 10.0 Å². The first-order valence-corrected chi connectivity index (χ1v) is 8.78. The van der Waals surface area contributed by atoms with E-state index in [0.29, 0.717) is 22.5 Å². The van der Waals surface area contributed by atoms with Crippen LogP contribution in [0.15, 0.2) is 16.3 Å². The lowest BCUT2D eigenvalue weighted by Crippen LogP contribution is -2.30. The molecule has 0 bridgehead atoms. The number of thiophene rings is 1. The summed E-state index contributed by atoms with van der Waals surface area (Å²) >= 11 is 6.91. The Morgan fingerprint density at radius 2 is 2.30 bits per heavy atom. The molecular weight excluding hydrogens is 320 g/mol. The van der Waals surface area contributed by atoms with Crippen LogP contribution in [-0.4, -0.2) is 34.4 Å². The first-order chi connectivity index (χ1) is 9.48. The highest BCUT2D eigenvalue weighted by molar-refractivity contribution is 7.91. The summed E-state index contributed by atoms with van der Waals surface area (Å²) in [7, 11) is -3.53. The number of aromatic nitrogens is 3. The molecule has 1 atom stereocenters. The quantitative estimate of drug-likeness (QED) is 0.935. The highest BCUT2D eigenvalue weighted by atomic mass is 35.5. The minimum absolute atomic E-state index is 0.265. The van der Waals surface area contributed by atoms with Gasteiger partial charge in [0.15, 0.2) is 5.82 Å². The number of sulfonamides is 1. The lowest BCUT2D eigenvalue weighted by Gasteiger charge is -2.20. The molecule has 3 heterocycles. The SMILES string of the molecule is Cc1nc(C2CCCN2S(=O)(=O)c2ccc(Cl)s2)n[nH]1. The average Bonchev–Trinajstić information content (AvgIpc) is 3.07. The monoisotopic (exact) mass is 332 g/mol. The second-order valence-electron chi connectivity index (χ2n) is 4.61. The zero-order valence-electron chi connectivity index (χ0n) is 10.7. The van der Waals surface area contributed by atoms with E-state index in [1.807, 2.05) is 0 Å². The van der Waals surface area contributed by atoms with Crippen molar-refractivity contribution in [2.45, 2.75) is 30.0 Å². The van der Waals surface area contributed by atoms with Crippen LogP contribution in [0.25, 0.3) is 0 Å². The Balaban J connectivity index is 1.96. The van der Waals surface area contributed by atoms with Gasteiger partial charge in [0.05, 0.1) is 10.4 Å². The van der Waals surface area contributed by atoms with E-state index in [2.05, 4.69) is 15.2 Å². The highest BCUT2D eigenvalue weighted by Gasteiger charge is 2.38. The van der Waals surface area contributed by atoms with Gasteiger partial charge in [0, 0.05) is 6.54 Å². The third-order valence-corrected chi connectivity index (χ3v) is 6.83. The van der Waals surface area contributed by atoms with Crippen LogP contribution < -0.4 is 0 Å². The predicted molar refractivity (Wildman–Crippen MR) is 76.3 cm³/mol. The summed E-state index contributed by atoms with van der Waals surface area (Å²) in [6.07, 6.45) is 1.53. The number of H-pyrrole nitrogens is 1. The third kappa shape index (κ3) is 2.37. The lowest BCUT2D eigenvalue weighted by molar-refractivity contribution is 0.385. The number of aromatic amines is 1. The molecule has 0 aliphatic carbocycles. The molecule has 2 aromatic heterocycles. The van der Waals surface area contributed by atoms with Gasteiger partial charge in [0.1, 0.15) is 10.0 Å². The maximum absolute atomic E-state index is 12.7. The second kappa shape index (κ2) is 5.10. The van der Waals surface area contributed by atoms with Crippen molar-refractivity contribution < 1.29 is 8.42 Å². The lowest BCUT2D eigenvalue weighted by atomic mass is 10.2. The van der Waals surface area contributed by atoms with Gasteiger partial charge in [0.2, 0.25) is 0 Å². The van der Waals surface area contributed by atoms with E-state index in [1.165, 1.54) is 4.31 Å². The number of halogens is 1. The summed E-state index contributed by atoms with van der Waals surface area (Å²) in [5.41, 5.74) is 0. The fourth-order valence-electron chi connectivity index (χ4n) is 2.35. The first kappa shape index (κ1) is 14.0. The Morgan fingerprint density at radius 3 is 2.90 bits per heavy atom. The second-order valence-corrected chi connectivity index (χ2v) is 8.44. The predicted octanol–water partition coefficient (Wildman–Crippen LogP) is 2.35.